The average Bonchev–Trinajstić information content (AvgIpc) is 3.21. The van der Waals surface area contributed by atoms with Crippen molar-refractivity contribution in [2.24, 2.45) is 0 Å². The van der Waals surface area contributed by atoms with E-state index >= 15 is 0 Å². The summed E-state index contributed by atoms with van der Waals surface area (Å²) in [5.41, 5.74) is 1.96. The van der Waals surface area contributed by atoms with Crippen molar-refractivity contribution in [3.05, 3.63) is 88.9 Å². The van der Waals surface area contributed by atoms with Crippen molar-refractivity contribution in [2.45, 2.75) is 12.8 Å². The fourth-order valence-corrected chi connectivity index (χ4v) is 3.56. The van der Waals surface area contributed by atoms with E-state index in [0.717, 1.165) is 6.42 Å². The molecule has 6 nitrogen and oxygen atoms in total. The van der Waals surface area contributed by atoms with Crippen LogP contribution in [0.5, 0.6) is 5.75 Å². The topological polar surface area (TPSA) is 75.7 Å². The summed E-state index contributed by atoms with van der Waals surface area (Å²) < 4.78 is 5.43. The lowest BCUT2D eigenvalue weighted by atomic mass is 10.2. The molecule has 156 valence electrons. The molecular weight excluding hydrogens is 416 g/mol. The van der Waals surface area contributed by atoms with Gasteiger partial charge in [-0.2, -0.15) is 0 Å². The molecule has 7 heteroatoms. The summed E-state index contributed by atoms with van der Waals surface area (Å²) in [7, 11) is 0. The number of nitrogens with zero attached hydrogens (tertiary/aromatic N) is 1. The Bertz CT molecular complexity index is 1140. The average molecular weight is 435 g/mol. The molecule has 31 heavy (non-hydrogen) atoms. The number of benzene rings is 3. The molecule has 3 aromatic rings. The molecule has 1 aliphatic heterocycles. The third-order valence-electron chi connectivity index (χ3n) is 4.91. The molecule has 0 saturated carbocycles. The quantitative estimate of drug-likeness (QED) is 0.456. The van der Waals surface area contributed by atoms with E-state index in [1.165, 1.54) is 0 Å². The predicted octanol–water partition coefficient (Wildman–Crippen LogP) is 4.94. The second-order valence-corrected chi connectivity index (χ2v) is 7.45. The van der Waals surface area contributed by atoms with Gasteiger partial charge in [-0.25, -0.2) is 4.79 Å². The van der Waals surface area contributed by atoms with Crippen LogP contribution in [0.3, 0.4) is 0 Å². The Labute approximate surface area is 184 Å². The monoisotopic (exact) mass is 434 g/mol. The summed E-state index contributed by atoms with van der Waals surface area (Å²) in [5.74, 6) is -0.465. The minimum absolute atomic E-state index is 0.0555. The van der Waals surface area contributed by atoms with Gasteiger partial charge in [0.25, 0.3) is 5.91 Å². The summed E-state index contributed by atoms with van der Waals surface area (Å²) in [6, 6.07) is 20.1. The minimum atomic E-state index is -0.527. The van der Waals surface area contributed by atoms with Gasteiger partial charge in [0.05, 0.1) is 16.1 Å². The predicted molar refractivity (Wildman–Crippen MR) is 119 cm³/mol. The molecule has 0 aliphatic carbocycles. The third-order valence-corrected chi connectivity index (χ3v) is 5.24. The number of esters is 1. The molecule has 0 spiro atoms. The Morgan fingerprint density at radius 1 is 0.968 bits per heavy atom. The van der Waals surface area contributed by atoms with Crippen LogP contribution in [0.4, 0.5) is 11.4 Å². The molecule has 1 N–H and O–H groups in total. The lowest BCUT2D eigenvalue weighted by Gasteiger charge is -2.16. The second kappa shape index (κ2) is 9.02. The Hall–Kier alpha value is -3.64. The fraction of sp³-hybridized carbons (Fsp3) is 0.125. The second-order valence-electron chi connectivity index (χ2n) is 7.05. The Kier molecular flexibility index (Phi) is 6.00. The van der Waals surface area contributed by atoms with Crippen molar-refractivity contribution < 1.29 is 19.1 Å². The van der Waals surface area contributed by atoms with E-state index in [1.54, 1.807) is 77.7 Å². The fourth-order valence-electron chi connectivity index (χ4n) is 3.34. The highest BCUT2D eigenvalue weighted by molar-refractivity contribution is 6.34. The summed E-state index contributed by atoms with van der Waals surface area (Å²) in [6.45, 7) is 0.651. The Morgan fingerprint density at radius 3 is 2.45 bits per heavy atom. The van der Waals surface area contributed by atoms with Crippen LogP contribution in [-0.2, 0) is 4.79 Å². The SMILES string of the molecule is O=C(Oc1ccc(NC(=O)c2ccccc2Cl)cc1)c1cccc(N2CCCC2=O)c1. The number of halogens is 1. The summed E-state index contributed by atoms with van der Waals surface area (Å²) >= 11 is 6.05. The van der Waals surface area contributed by atoms with Crippen molar-refractivity contribution in [1.29, 1.82) is 0 Å². The minimum Gasteiger partial charge on any atom is -0.423 e. The van der Waals surface area contributed by atoms with Crippen LogP contribution in [-0.4, -0.2) is 24.3 Å². The first-order valence-corrected chi connectivity index (χ1v) is 10.2. The van der Waals surface area contributed by atoms with Gasteiger partial charge in [-0.3, -0.25) is 9.59 Å². The molecule has 4 rings (SSSR count). The molecule has 1 fully saturated rings. The van der Waals surface area contributed by atoms with E-state index in [2.05, 4.69) is 5.32 Å². The van der Waals surface area contributed by atoms with Gasteiger partial charge in [0.2, 0.25) is 5.91 Å². The van der Waals surface area contributed by atoms with Crippen molar-refractivity contribution >= 4 is 40.8 Å². The smallest absolute Gasteiger partial charge is 0.343 e. The van der Waals surface area contributed by atoms with Crippen LogP contribution in [0.2, 0.25) is 5.02 Å². The molecular formula is C24H19ClN2O4. The lowest BCUT2D eigenvalue weighted by molar-refractivity contribution is -0.117. The van der Waals surface area contributed by atoms with Gasteiger partial charge in [0.1, 0.15) is 5.75 Å². The zero-order valence-electron chi connectivity index (χ0n) is 16.5. The number of hydrogen-bond donors (Lipinski definition) is 1. The number of rotatable bonds is 5. The lowest BCUT2D eigenvalue weighted by Crippen LogP contribution is -2.24. The van der Waals surface area contributed by atoms with Gasteiger partial charge >= 0.3 is 5.97 Å². The highest BCUT2D eigenvalue weighted by Gasteiger charge is 2.22. The molecule has 1 aliphatic rings. The van der Waals surface area contributed by atoms with Crippen molar-refractivity contribution in [1.82, 2.24) is 0 Å². The van der Waals surface area contributed by atoms with E-state index < -0.39 is 5.97 Å². The van der Waals surface area contributed by atoms with Gasteiger partial charge in [-0.15, -0.1) is 0 Å². The number of hydrogen-bond acceptors (Lipinski definition) is 4. The zero-order valence-corrected chi connectivity index (χ0v) is 17.3. The summed E-state index contributed by atoms with van der Waals surface area (Å²) in [6.07, 6.45) is 1.33. The molecule has 3 aromatic carbocycles. The number of nitrogens with one attached hydrogen (secondary N) is 1. The Morgan fingerprint density at radius 2 is 1.74 bits per heavy atom. The van der Waals surface area contributed by atoms with Gasteiger partial charge in [0.15, 0.2) is 0 Å². The van der Waals surface area contributed by atoms with Crippen molar-refractivity contribution in [3.8, 4) is 5.75 Å². The molecule has 1 heterocycles. The van der Waals surface area contributed by atoms with Crippen LogP contribution in [0.15, 0.2) is 72.8 Å². The van der Waals surface area contributed by atoms with Crippen LogP contribution >= 0.6 is 11.6 Å². The molecule has 0 atom stereocenters. The van der Waals surface area contributed by atoms with Crippen LogP contribution in [0.1, 0.15) is 33.6 Å². The standard InChI is InChI=1S/C24H19ClN2O4/c25-21-8-2-1-7-20(21)23(29)26-17-10-12-19(13-11-17)31-24(30)16-5-3-6-18(15-16)27-14-4-9-22(27)28/h1-3,5-8,10-13,15H,4,9,14H2,(H,26,29). The van der Waals surface area contributed by atoms with E-state index in [0.29, 0.717) is 46.2 Å². The van der Waals surface area contributed by atoms with E-state index in [4.69, 9.17) is 16.3 Å². The van der Waals surface area contributed by atoms with Gasteiger partial charge in [-0.1, -0.05) is 29.8 Å². The highest BCUT2D eigenvalue weighted by atomic mass is 35.5. The van der Waals surface area contributed by atoms with Gasteiger partial charge in [-0.05, 0) is 61.0 Å². The summed E-state index contributed by atoms with van der Waals surface area (Å²) in [5, 5.41) is 3.12. The number of carbonyl (C=O) groups is 3. The van der Waals surface area contributed by atoms with Crippen LogP contribution in [0, 0.1) is 0 Å². The van der Waals surface area contributed by atoms with E-state index in [9.17, 15) is 14.4 Å². The molecule has 1 saturated heterocycles. The third kappa shape index (κ3) is 4.75. The highest BCUT2D eigenvalue weighted by Crippen LogP contribution is 2.24. The van der Waals surface area contributed by atoms with Gasteiger partial charge in [0, 0.05) is 24.3 Å². The Balaban J connectivity index is 1.41. The maximum Gasteiger partial charge on any atom is 0.343 e. The first-order chi connectivity index (χ1) is 15.0. The van der Waals surface area contributed by atoms with Crippen LogP contribution in [0.25, 0.3) is 0 Å². The number of amides is 2. The van der Waals surface area contributed by atoms with E-state index in [1.807, 2.05) is 0 Å². The normalized spacial score (nSPS) is 13.2. The summed E-state index contributed by atoms with van der Waals surface area (Å²) in [4.78, 5) is 38.5. The van der Waals surface area contributed by atoms with Gasteiger partial charge < -0.3 is 15.0 Å². The first-order valence-electron chi connectivity index (χ1n) is 9.80. The number of carbonyl (C=O) groups excluding carboxylic acids is 3. The number of anilines is 2. The maximum atomic E-state index is 12.5. The van der Waals surface area contributed by atoms with Crippen LogP contribution < -0.4 is 15.0 Å². The molecule has 0 aromatic heterocycles. The first kappa shape index (κ1) is 20.6. The zero-order chi connectivity index (χ0) is 21.8. The maximum absolute atomic E-state index is 12.5. The molecule has 0 unspecified atom stereocenters. The molecule has 0 radical (unpaired) electrons. The molecule has 2 amide bonds. The van der Waals surface area contributed by atoms with Crippen molar-refractivity contribution in [3.63, 3.8) is 0 Å². The number of ether oxygens (including phenoxy) is 1. The largest absolute Gasteiger partial charge is 0.423 e. The molecule has 0 bridgehead atoms. The van der Waals surface area contributed by atoms with E-state index in [-0.39, 0.29) is 11.8 Å². The van der Waals surface area contributed by atoms with Crippen molar-refractivity contribution in [2.75, 3.05) is 16.8 Å².